The molecule has 1 aromatic rings. The summed E-state index contributed by atoms with van der Waals surface area (Å²) in [7, 11) is 0. The lowest BCUT2D eigenvalue weighted by Gasteiger charge is -2.13. The zero-order valence-corrected chi connectivity index (χ0v) is 17.9. The second-order valence-electron chi connectivity index (χ2n) is 8.33. The molecule has 1 aromatic carbocycles. The van der Waals surface area contributed by atoms with Gasteiger partial charge in [0.25, 0.3) is 11.8 Å². The number of nitrogens with zero attached hydrogens (tertiary/aromatic N) is 1. The Bertz CT molecular complexity index is 693. The molecule has 0 unspecified atom stereocenters. The Morgan fingerprint density at radius 2 is 1.53 bits per heavy atom. The lowest BCUT2D eigenvalue weighted by Crippen LogP contribution is -2.31. The number of ether oxygens (including phenoxy) is 1. The molecule has 0 bridgehead atoms. The fourth-order valence-electron chi connectivity index (χ4n) is 4.18. The number of rotatable bonds is 13. The van der Waals surface area contributed by atoms with Gasteiger partial charge >= 0.3 is 0 Å². The van der Waals surface area contributed by atoms with Crippen LogP contribution in [-0.2, 0) is 9.53 Å². The number of hydrogen-bond donors (Lipinski definition) is 1. The Morgan fingerprint density at radius 1 is 0.933 bits per heavy atom. The van der Waals surface area contributed by atoms with E-state index >= 15 is 0 Å². The summed E-state index contributed by atoms with van der Waals surface area (Å²) in [5, 5.41) is 2.97. The summed E-state index contributed by atoms with van der Waals surface area (Å²) in [6, 6.07) is 7.04. The van der Waals surface area contributed by atoms with E-state index in [4.69, 9.17) is 4.74 Å². The van der Waals surface area contributed by atoms with E-state index in [0.717, 1.165) is 64.4 Å². The van der Waals surface area contributed by atoms with E-state index in [-0.39, 0.29) is 23.8 Å². The van der Waals surface area contributed by atoms with Gasteiger partial charge in [-0.15, -0.1) is 0 Å². The maximum atomic E-state index is 12.3. The van der Waals surface area contributed by atoms with Crippen molar-refractivity contribution in [3.63, 3.8) is 0 Å². The molecule has 0 aliphatic carbocycles. The number of carbonyl (C=O) groups excluding carboxylic acids is 3. The van der Waals surface area contributed by atoms with Crippen LogP contribution in [0, 0.1) is 0 Å². The zero-order valence-electron chi connectivity index (χ0n) is 17.9. The van der Waals surface area contributed by atoms with Gasteiger partial charge in [-0.1, -0.05) is 50.7 Å². The molecule has 1 atom stereocenters. The normalized spacial score (nSPS) is 18.1. The van der Waals surface area contributed by atoms with E-state index in [1.165, 1.54) is 11.3 Å². The van der Waals surface area contributed by atoms with Crippen molar-refractivity contribution in [2.24, 2.45) is 0 Å². The van der Waals surface area contributed by atoms with Gasteiger partial charge in [-0.05, 0) is 37.8 Å². The van der Waals surface area contributed by atoms with Crippen LogP contribution in [0.15, 0.2) is 24.3 Å². The van der Waals surface area contributed by atoms with Gasteiger partial charge in [0.1, 0.15) is 0 Å². The summed E-state index contributed by atoms with van der Waals surface area (Å²) in [5.74, 6) is -0.176. The molecule has 2 aliphatic heterocycles. The van der Waals surface area contributed by atoms with Crippen LogP contribution in [0.3, 0.4) is 0 Å². The number of hydrogen-bond acceptors (Lipinski definition) is 4. The van der Waals surface area contributed by atoms with Gasteiger partial charge in [0.05, 0.1) is 17.2 Å². The van der Waals surface area contributed by atoms with E-state index in [2.05, 4.69) is 5.32 Å². The molecule has 0 saturated carbocycles. The average Bonchev–Trinajstić information content (AvgIpc) is 3.36. The van der Waals surface area contributed by atoms with Gasteiger partial charge in [-0.2, -0.15) is 0 Å². The van der Waals surface area contributed by atoms with Crippen LogP contribution in [0.2, 0.25) is 0 Å². The first-order chi connectivity index (χ1) is 14.7. The minimum absolute atomic E-state index is 0.138. The summed E-state index contributed by atoms with van der Waals surface area (Å²) >= 11 is 0. The SMILES string of the molecule is O=C(CCCCCCCCCCN1C(=O)c2ccccc2C1=O)NC[C@@H]1CCCO1. The molecule has 3 amide bonds. The van der Waals surface area contributed by atoms with Crippen LogP contribution in [0.5, 0.6) is 0 Å². The van der Waals surface area contributed by atoms with E-state index in [0.29, 0.717) is 30.6 Å². The van der Waals surface area contributed by atoms with Gasteiger partial charge in [0.15, 0.2) is 0 Å². The molecular formula is C24H34N2O4. The van der Waals surface area contributed by atoms with Crippen molar-refractivity contribution in [2.45, 2.75) is 76.7 Å². The maximum Gasteiger partial charge on any atom is 0.261 e. The smallest absolute Gasteiger partial charge is 0.261 e. The van der Waals surface area contributed by atoms with Crippen molar-refractivity contribution >= 4 is 17.7 Å². The monoisotopic (exact) mass is 414 g/mol. The first-order valence-corrected chi connectivity index (χ1v) is 11.5. The van der Waals surface area contributed by atoms with Crippen LogP contribution in [-0.4, -0.2) is 48.4 Å². The molecule has 1 saturated heterocycles. The molecule has 1 N–H and O–H groups in total. The quantitative estimate of drug-likeness (QED) is 0.390. The lowest BCUT2D eigenvalue weighted by molar-refractivity contribution is -0.121. The molecule has 0 aromatic heterocycles. The van der Waals surface area contributed by atoms with Crippen molar-refractivity contribution in [3.05, 3.63) is 35.4 Å². The molecule has 6 heteroatoms. The number of imide groups is 1. The topological polar surface area (TPSA) is 75.7 Å². The Morgan fingerprint density at radius 3 is 2.13 bits per heavy atom. The Hall–Kier alpha value is -2.21. The Labute approximate surface area is 179 Å². The van der Waals surface area contributed by atoms with Gasteiger partial charge < -0.3 is 10.1 Å². The van der Waals surface area contributed by atoms with E-state index < -0.39 is 0 Å². The number of nitrogens with one attached hydrogen (secondary N) is 1. The molecule has 30 heavy (non-hydrogen) atoms. The van der Waals surface area contributed by atoms with Crippen LogP contribution in [0.25, 0.3) is 0 Å². The largest absolute Gasteiger partial charge is 0.376 e. The second-order valence-corrected chi connectivity index (χ2v) is 8.33. The summed E-state index contributed by atoms with van der Waals surface area (Å²) < 4.78 is 5.50. The number of carbonyl (C=O) groups is 3. The van der Waals surface area contributed by atoms with Crippen molar-refractivity contribution in [3.8, 4) is 0 Å². The molecule has 6 nitrogen and oxygen atoms in total. The average molecular weight is 415 g/mol. The fourth-order valence-corrected chi connectivity index (χ4v) is 4.18. The minimum Gasteiger partial charge on any atom is -0.376 e. The van der Waals surface area contributed by atoms with Gasteiger partial charge in [0, 0.05) is 26.1 Å². The van der Waals surface area contributed by atoms with Crippen LogP contribution < -0.4 is 5.32 Å². The first-order valence-electron chi connectivity index (χ1n) is 11.5. The predicted molar refractivity (Wildman–Crippen MR) is 115 cm³/mol. The van der Waals surface area contributed by atoms with E-state index in [1.54, 1.807) is 24.3 Å². The molecule has 2 heterocycles. The highest BCUT2D eigenvalue weighted by Crippen LogP contribution is 2.23. The summed E-state index contributed by atoms with van der Waals surface area (Å²) in [6.07, 6.45) is 11.5. The molecule has 0 radical (unpaired) electrons. The molecular weight excluding hydrogens is 380 g/mol. The predicted octanol–water partition coefficient (Wildman–Crippen LogP) is 4.09. The maximum absolute atomic E-state index is 12.3. The minimum atomic E-state index is -0.157. The van der Waals surface area contributed by atoms with Gasteiger partial charge in [-0.3, -0.25) is 19.3 Å². The third kappa shape index (κ3) is 6.39. The number of amides is 3. The zero-order chi connectivity index (χ0) is 21.2. The van der Waals surface area contributed by atoms with Crippen molar-refractivity contribution in [1.29, 1.82) is 0 Å². The van der Waals surface area contributed by atoms with Crippen molar-refractivity contribution in [2.75, 3.05) is 19.7 Å². The third-order valence-corrected chi connectivity index (χ3v) is 5.96. The van der Waals surface area contributed by atoms with Gasteiger partial charge in [-0.25, -0.2) is 0 Å². The standard InChI is InChI=1S/C24H34N2O4/c27-22(25-18-19-12-11-17-30-19)15-7-5-3-1-2-4-6-10-16-26-23(28)20-13-8-9-14-21(20)24(26)29/h8-9,13-14,19H,1-7,10-12,15-18H2,(H,25,27)/t19-/m0/s1. The summed E-state index contributed by atoms with van der Waals surface area (Å²) in [5.41, 5.74) is 1.06. The number of unbranched alkanes of at least 4 members (excludes halogenated alkanes) is 7. The summed E-state index contributed by atoms with van der Waals surface area (Å²) in [6.45, 7) is 1.98. The van der Waals surface area contributed by atoms with E-state index in [9.17, 15) is 14.4 Å². The highest BCUT2D eigenvalue weighted by molar-refractivity contribution is 6.21. The van der Waals surface area contributed by atoms with Crippen LogP contribution >= 0.6 is 0 Å². The highest BCUT2D eigenvalue weighted by atomic mass is 16.5. The van der Waals surface area contributed by atoms with E-state index in [1.807, 2.05) is 0 Å². The lowest BCUT2D eigenvalue weighted by atomic mass is 10.1. The molecule has 0 spiro atoms. The van der Waals surface area contributed by atoms with Crippen LogP contribution in [0.4, 0.5) is 0 Å². The van der Waals surface area contributed by atoms with Crippen LogP contribution in [0.1, 0.15) is 91.3 Å². The molecule has 164 valence electrons. The fraction of sp³-hybridized carbons (Fsp3) is 0.625. The first kappa shape index (κ1) is 22.5. The second kappa shape index (κ2) is 11.8. The molecule has 3 rings (SSSR count). The van der Waals surface area contributed by atoms with Crippen molar-refractivity contribution < 1.29 is 19.1 Å². The Balaban J connectivity index is 1.14. The molecule has 1 fully saturated rings. The summed E-state index contributed by atoms with van der Waals surface area (Å²) in [4.78, 5) is 37.8. The highest BCUT2D eigenvalue weighted by Gasteiger charge is 2.34. The third-order valence-electron chi connectivity index (χ3n) is 5.96. The Kier molecular flexibility index (Phi) is 8.87. The molecule has 2 aliphatic rings. The van der Waals surface area contributed by atoms with Crippen molar-refractivity contribution in [1.82, 2.24) is 10.2 Å². The van der Waals surface area contributed by atoms with Gasteiger partial charge in [0.2, 0.25) is 5.91 Å². The number of benzene rings is 1. The number of fused-ring (bicyclic) bond motifs is 1.